The quantitative estimate of drug-likeness (QED) is 0.153. The highest BCUT2D eigenvalue weighted by Crippen LogP contribution is 2.11. The lowest BCUT2D eigenvalue weighted by molar-refractivity contribution is -0.109. The first-order chi connectivity index (χ1) is 20.0. The smallest absolute Gasteiger partial charge is 0.410 e. The molecular formula is C18H40Cl3N5O13S6. The number of thioether (sulfide) groups is 1. The number of hydrogen-bond donors (Lipinski definition) is 1. The van der Waals surface area contributed by atoms with Gasteiger partial charge in [0.25, 0.3) is 0 Å². The molecule has 3 amide bonds. The Kier molecular flexibility index (Phi) is 35.0. The Labute approximate surface area is 292 Å². The summed E-state index contributed by atoms with van der Waals surface area (Å²) >= 11 is 1.87. The number of nitrogens with zero attached hydrogens (tertiary/aromatic N) is 4. The fraction of sp³-hybridized carbons (Fsp3) is 0.778. The maximum absolute atomic E-state index is 10.9. The summed E-state index contributed by atoms with van der Waals surface area (Å²) in [6.45, 7) is 1.42. The maximum Gasteiger partial charge on any atom is 0.410 e. The zero-order chi connectivity index (χ0) is 37.2. The van der Waals surface area contributed by atoms with Gasteiger partial charge >= 0.3 is 26.5 Å². The molecule has 0 aliphatic rings. The van der Waals surface area contributed by atoms with Crippen LogP contribution in [0.3, 0.4) is 0 Å². The molecule has 18 nitrogen and oxygen atoms in total. The topological polar surface area (TPSA) is 223 Å². The summed E-state index contributed by atoms with van der Waals surface area (Å²) in [4.78, 5) is 46.4. The van der Waals surface area contributed by atoms with Crippen LogP contribution in [0.2, 0.25) is 0 Å². The molecule has 0 aromatic rings. The van der Waals surface area contributed by atoms with Crippen LogP contribution >= 0.6 is 66.7 Å². The van der Waals surface area contributed by atoms with Crippen LogP contribution in [0, 0.1) is 0 Å². The van der Waals surface area contributed by atoms with Crippen molar-refractivity contribution in [3.63, 3.8) is 0 Å². The minimum absolute atomic E-state index is 0.0272. The monoisotopic (exact) mass is 831 g/mol. The van der Waals surface area contributed by atoms with E-state index in [9.17, 15) is 36.0 Å². The highest BCUT2D eigenvalue weighted by atomic mass is 36.0. The molecule has 0 saturated heterocycles. The Bertz CT molecular complexity index is 1170. The molecule has 0 rings (SSSR count). The van der Waals surface area contributed by atoms with Gasteiger partial charge in [0.05, 0.1) is 12.5 Å². The van der Waals surface area contributed by atoms with E-state index in [0.29, 0.717) is 0 Å². The lowest BCUT2D eigenvalue weighted by Gasteiger charge is -2.14. The van der Waals surface area contributed by atoms with Crippen molar-refractivity contribution in [2.45, 2.75) is 6.92 Å². The van der Waals surface area contributed by atoms with Gasteiger partial charge < -0.3 is 28.9 Å². The molecule has 0 saturated carbocycles. The van der Waals surface area contributed by atoms with Crippen LogP contribution in [-0.4, -0.2) is 154 Å². The van der Waals surface area contributed by atoms with E-state index >= 15 is 0 Å². The molecule has 0 spiro atoms. The first-order valence-corrected chi connectivity index (χ1v) is 21.6. The van der Waals surface area contributed by atoms with Crippen LogP contribution in [0.4, 0.5) is 14.4 Å². The molecule has 0 aromatic heterocycles. The van der Waals surface area contributed by atoms with Crippen molar-refractivity contribution < 1.29 is 58.6 Å². The van der Waals surface area contributed by atoms with Gasteiger partial charge in [-0.25, -0.2) is 35.9 Å². The highest BCUT2D eigenvalue weighted by molar-refractivity contribution is 8.31. The summed E-state index contributed by atoms with van der Waals surface area (Å²) in [7, 11) is 17.0. The summed E-state index contributed by atoms with van der Waals surface area (Å²) in [6.07, 6.45) is 0.877. The van der Waals surface area contributed by atoms with Crippen LogP contribution in [0.5, 0.6) is 0 Å². The Morgan fingerprint density at radius 3 is 1.20 bits per heavy atom. The number of amides is 3. The maximum atomic E-state index is 10.9. The summed E-state index contributed by atoms with van der Waals surface area (Å²) in [5.41, 5.74) is 0. The molecule has 272 valence electrons. The number of rotatable bonds is 9. The van der Waals surface area contributed by atoms with Crippen molar-refractivity contribution in [2.75, 3.05) is 86.7 Å². The highest BCUT2D eigenvalue weighted by Gasteiger charge is 2.13. The van der Waals surface area contributed by atoms with Crippen LogP contribution in [0.1, 0.15) is 6.92 Å². The van der Waals surface area contributed by atoms with Crippen molar-refractivity contribution >= 4 is 118 Å². The second kappa shape index (κ2) is 29.3. The third-order valence-corrected chi connectivity index (χ3v) is 7.53. The summed E-state index contributed by atoms with van der Waals surface area (Å²) < 4.78 is 76.9. The Balaban J connectivity index is -0.000000155. The van der Waals surface area contributed by atoms with E-state index in [2.05, 4.69) is 35.6 Å². The minimum Gasteiger partial charge on any atom is -0.438 e. The predicted molar refractivity (Wildman–Crippen MR) is 182 cm³/mol. The molecule has 0 radical (unpaired) electrons. The first kappa shape index (κ1) is 53.7. The van der Waals surface area contributed by atoms with Gasteiger partial charge in [-0.15, -0.1) is 3.71 Å². The van der Waals surface area contributed by atoms with Gasteiger partial charge in [0, 0.05) is 77.6 Å². The molecule has 0 bridgehead atoms. The molecule has 1 N–H and O–H groups in total. The number of ether oxygens (including phenoxy) is 3. The van der Waals surface area contributed by atoms with Gasteiger partial charge in [0.15, 0.2) is 17.0 Å². The molecular weight excluding hydrogens is 793 g/mol. The molecule has 0 aliphatic heterocycles. The van der Waals surface area contributed by atoms with Crippen LogP contribution in [0.15, 0.2) is 0 Å². The third kappa shape index (κ3) is 55.9. The second-order valence-corrected chi connectivity index (χ2v) is 18.8. The van der Waals surface area contributed by atoms with Crippen LogP contribution in [-0.2, 0) is 47.3 Å². The predicted octanol–water partition coefficient (Wildman–Crippen LogP) is 2.51. The van der Waals surface area contributed by atoms with E-state index in [1.807, 2.05) is 0 Å². The van der Waals surface area contributed by atoms with E-state index in [4.69, 9.17) is 23.8 Å². The largest absolute Gasteiger partial charge is 0.438 e. The zero-order valence-corrected chi connectivity index (χ0v) is 33.5. The Hall–Kier alpha value is -0.830. The molecule has 0 aliphatic carbocycles. The van der Waals surface area contributed by atoms with Crippen LogP contribution < -0.4 is 4.72 Å². The van der Waals surface area contributed by atoms with Crippen molar-refractivity contribution in [2.24, 2.45) is 0 Å². The van der Waals surface area contributed by atoms with Crippen molar-refractivity contribution in [3.05, 3.63) is 0 Å². The molecule has 45 heavy (non-hydrogen) atoms. The molecule has 0 unspecified atom stereocenters. The number of halogens is 3. The van der Waals surface area contributed by atoms with E-state index in [1.165, 1.54) is 35.7 Å². The minimum atomic E-state index is -3.72. The average Bonchev–Trinajstić information content (AvgIpc) is 2.85. The number of carbonyl (C=O) groups is 4. The summed E-state index contributed by atoms with van der Waals surface area (Å²) in [5.74, 6) is 0.255. The molecule has 27 heteroatoms. The molecule has 0 heterocycles. The zero-order valence-electron chi connectivity index (χ0n) is 26.3. The fourth-order valence-corrected chi connectivity index (χ4v) is 2.67. The van der Waals surface area contributed by atoms with Crippen molar-refractivity contribution in [3.8, 4) is 0 Å². The van der Waals surface area contributed by atoms with Gasteiger partial charge in [-0.3, -0.25) is 4.79 Å². The molecule has 0 atom stereocenters. The van der Waals surface area contributed by atoms with Gasteiger partial charge in [-0.05, 0) is 52.4 Å². The van der Waals surface area contributed by atoms with E-state index in [0.717, 1.165) is 50.9 Å². The van der Waals surface area contributed by atoms with Gasteiger partial charge in [-0.1, -0.05) is 0 Å². The lowest BCUT2D eigenvalue weighted by atomic mass is 10.9. The lowest BCUT2D eigenvalue weighted by Crippen LogP contribution is -2.24. The SMILES string of the molecule is CC(=O)SCOC(=O)N(C)C.CN(C)C(=O)OCSCl.CN(C)C(=O)OCSN(C)S(C)(=O)=O.CNS(C)(=O)=O.O=S(=O)(Cl)Cl. The number of carbonyl (C=O) groups excluding carboxylic acids is 4. The van der Waals surface area contributed by atoms with Crippen molar-refractivity contribution in [1.29, 1.82) is 0 Å². The fourth-order valence-electron chi connectivity index (χ4n) is 0.870. The van der Waals surface area contributed by atoms with Crippen LogP contribution in [0.25, 0.3) is 0 Å². The summed E-state index contributed by atoms with van der Waals surface area (Å²) in [5, 5.41) is -0.0587. The number of hydrogen-bond acceptors (Lipinski definition) is 16. The van der Waals surface area contributed by atoms with Gasteiger partial charge in [0.2, 0.25) is 20.0 Å². The summed E-state index contributed by atoms with van der Waals surface area (Å²) in [6, 6.07) is 0. The van der Waals surface area contributed by atoms with E-state index in [-0.39, 0.29) is 29.0 Å². The molecule has 0 aromatic carbocycles. The van der Waals surface area contributed by atoms with E-state index in [1.54, 1.807) is 42.3 Å². The van der Waals surface area contributed by atoms with Gasteiger partial charge in [0.1, 0.15) is 5.94 Å². The number of nitrogens with one attached hydrogen (secondary N) is 1. The number of sulfonamides is 2. The third-order valence-electron chi connectivity index (χ3n) is 3.02. The standard InChI is InChI=1S/C6H14N2O4S2.C6H11NO3S.C4H8ClNO2S.C2H7NO2S.Cl2O2S/c1-7(2)6(9)12-5-13-8(3)14(4,10)11;1-5(8)11-4-10-6(9)7(2)3;1-6(2)4(7)8-3-9-5;1-3-6(2,4)5;1-5(2,3)4/h5H2,1-4H3;4H2,1-3H3;3H2,1-2H3;3H,1-2H3;. The average molecular weight is 833 g/mol. The Morgan fingerprint density at radius 2 is 0.978 bits per heavy atom. The van der Waals surface area contributed by atoms with Gasteiger partial charge in [-0.2, -0.15) is 8.42 Å². The van der Waals surface area contributed by atoms with E-state index < -0.39 is 40.5 Å². The Morgan fingerprint density at radius 1 is 0.689 bits per heavy atom. The first-order valence-electron chi connectivity index (χ1n) is 11.0. The molecule has 0 fully saturated rings. The van der Waals surface area contributed by atoms with Crippen molar-refractivity contribution in [1.82, 2.24) is 23.1 Å². The normalized spacial score (nSPS) is 10.4. The second-order valence-electron chi connectivity index (χ2n) is 7.67.